The van der Waals surface area contributed by atoms with Crippen molar-refractivity contribution in [2.45, 2.75) is 19.4 Å². The Labute approximate surface area is 67.9 Å². The molecule has 1 saturated heterocycles. The second-order valence-electron chi connectivity index (χ2n) is 3.27. The Morgan fingerprint density at radius 1 is 1.73 bits per heavy atom. The van der Waals surface area contributed by atoms with Gasteiger partial charge in [-0.1, -0.05) is 13.0 Å². The molecule has 1 aliphatic rings. The summed E-state index contributed by atoms with van der Waals surface area (Å²) in [6, 6.07) is 0. The van der Waals surface area contributed by atoms with Gasteiger partial charge in [0.05, 0.1) is 19.3 Å². The third-order valence-corrected chi connectivity index (χ3v) is 2.36. The molecule has 1 unspecified atom stereocenters. The van der Waals surface area contributed by atoms with Gasteiger partial charge in [-0.15, -0.1) is 6.58 Å². The number of rotatable bonds is 3. The molecule has 1 heterocycles. The van der Waals surface area contributed by atoms with E-state index >= 15 is 0 Å². The molecule has 1 N–H and O–H groups in total. The molecule has 0 aromatic heterocycles. The molecular weight excluding hydrogens is 140 g/mol. The third kappa shape index (κ3) is 2.04. The fourth-order valence-electron chi connectivity index (χ4n) is 1.54. The van der Waals surface area contributed by atoms with Crippen molar-refractivity contribution in [3.63, 3.8) is 0 Å². The van der Waals surface area contributed by atoms with Crippen LogP contribution in [0.4, 0.5) is 0 Å². The van der Waals surface area contributed by atoms with Crippen LogP contribution in [0.1, 0.15) is 13.3 Å². The average molecular weight is 156 g/mol. The number of aliphatic hydroxyl groups excluding tert-OH is 1. The monoisotopic (exact) mass is 156 g/mol. The molecule has 0 aliphatic carbocycles. The van der Waals surface area contributed by atoms with Crippen molar-refractivity contribution in [3.8, 4) is 0 Å². The number of hydrogen-bond donors (Lipinski definition) is 1. The van der Waals surface area contributed by atoms with Gasteiger partial charge in [-0.05, 0) is 12.3 Å². The minimum absolute atomic E-state index is 0.259. The minimum Gasteiger partial charge on any atom is -0.390 e. The maximum Gasteiger partial charge on any atom is 0.0826 e. The highest BCUT2D eigenvalue weighted by Gasteiger charge is 2.29. The highest BCUT2D eigenvalue weighted by molar-refractivity contribution is 4.82. The Morgan fingerprint density at radius 3 is 2.91 bits per heavy atom. The van der Waals surface area contributed by atoms with E-state index in [2.05, 4.69) is 13.5 Å². The average Bonchev–Trinajstić information content (AvgIpc) is 2.36. The predicted molar refractivity (Wildman–Crippen MR) is 44.3 cm³/mol. The van der Waals surface area contributed by atoms with Gasteiger partial charge in [0.15, 0.2) is 0 Å². The van der Waals surface area contributed by atoms with Crippen molar-refractivity contribution in [1.82, 2.24) is 0 Å². The van der Waals surface area contributed by atoms with Gasteiger partial charge in [0, 0.05) is 5.92 Å². The van der Waals surface area contributed by atoms with Crippen molar-refractivity contribution < 1.29 is 9.84 Å². The van der Waals surface area contributed by atoms with Crippen LogP contribution in [0.15, 0.2) is 12.7 Å². The summed E-state index contributed by atoms with van der Waals surface area (Å²) in [6.45, 7) is 7.01. The summed E-state index contributed by atoms with van der Waals surface area (Å²) >= 11 is 0. The van der Waals surface area contributed by atoms with E-state index in [4.69, 9.17) is 4.74 Å². The summed E-state index contributed by atoms with van der Waals surface area (Å²) in [5.74, 6) is 0.804. The first-order valence-corrected chi connectivity index (χ1v) is 4.12. The van der Waals surface area contributed by atoms with Crippen molar-refractivity contribution in [2.24, 2.45) is 11.8 Å². The van der Waals surface area contributed by atoms with Gasteiger partial charge in [-0.2, -0.15) is 0 Å². The van der Waals surface area contributed by atoms with Crippen LogP contribution in [0.5, 0.6) is 0 Å². The van der Waals surface area contributed by atoms with Crippen LogP contribution in [0, 0.1) is 11.8 Å². The predicted octanol–water partition coefficient (Wildman–Crippen LogP) is 1.21. The number of hydrogen-bond acceptors (Lipinski definition) is 2. The zero-order valence-electron chi connectivity index (χ0n) is 6.99. The molecule has 0 aromatic rings. The maximum absolute atomic E-state index is 9.43. The molecule has 1 aliphatic heterocycles. The van der Waals surface area contributed by atoms with Gasteiger partial charge >= 0.3 is 0 Å². The van der Waals surface area contributed by atoms with Gasteiger partial charge < -0.3 is 9.84 Å². The molecule has 1 rings (SSSR count). The standard InChI is InChI=1S/C9H16O2/c1-3-4-7(2)8-5-11-6-9(8)10/h3,7-10H,1,4-6H2,2H3/t7?,8-,9+/m0/s1. The highest BCUT2D eigenvalue weighted by Crippen LogP contribution is 2.24. The van der Waals surface area contributed by atoms with E-state index in [1.54, 1.807) is 0 Å². The Morgan fingerprint density at radius 2 is 2.45 bits per heavy atom. The number of aliphatic hydroxyl groups is 1. The number of allylic oxidation sites excluding steroid dienone is 1. The van der Waals surface area contributed by atoms with Crippen molar-refractivity contribution in [2.75, 3.05) is 13.2 Å². The van der Waals surface area contributed by atoms with Gasteiger partial charge in [-0.25, -0.2) is 0 Å². The summed E-state index contributed by atoms with van der Waals surface area (Å²) in [6.07, 6.45) is 2.60. The summed E-state index contributed by atoms with van der Waals surface area (Å²) in [7, 11) is 0. The number of ether oxygens (including phenoxy) is 1. The van der Waals surface area contributed by atoms with Crippen LogP contribution in [-0.2, 0) is 4.74 Å². The molecule has 2 heteroatoms. The Bertz CT molecular complexity index is 134. The Kier molecular flexibility index (Phi) is 3.09. The fourth-order valence-corrected chi connectivity index (χ4v) is 1.54. The molecule has 3 atom stereocenters. The molecule has 0 saturated carbocycles. The lowest BCUT2D eigenvalue weighted by Crippen LogP contribution is -2.24. The van der Waals surface area contributed by atoms with E-state index in [1.807, 2.05) is 6.08 Å². The molecule has 0 spiro atoms. The van der Waals surface area contributed by atoms with Gasteiger partial charge in [-0.3, -0.25) is 0 Å². The SMILES string of the molecule is C=CCC(C)[C@@H]1COC[C@H]1O. The van der Waals surface area contributed by atoms with E-state index in [0.29, 0.717) is 25.0 Å². The zero-order valence-corrected chi connectivity index (χ0v) is 6.99. The normalized spacial score (nSPS) is 33.6. The first-order valence-electron chi connectivity index (χ1n) is 4.12. The molecule has 2 nitrogen and oxygen atoms in total. The van der Waals surface area contributed by atoms with E-state index in [0.717, 1.165) is 6.42 Å². The molecule has 0 amide bonds. The summed E-state index contributed by atoms with van der Waals surface area (Å²) in [5, 5.41) is 9.43. The molecule has 0 aromatic carbocycles. The fraction of sp³-hybridized carbons (Fsp3) is 0.778. The van der Waals surface area contributed by atoms with Crippen molar-refractivity contribution in [3.05, 3.63) is 12.7 Å². The summed E-state index contributed by atoms with van der Waals surface area (Å²) in [4.78, 5) is 0. The molecule has 0 bridgehead atoms. The third-order valence-electron chi connectivity index (χ3n) is 2.36. The van der Waals surface area contributed by atoms with Crippen LogP contribution >= 0.6 is 0 Å². The van der Waals surface area contributed by atoms with Crippen LogP contribution in [0.3, 0.4) is 0 Å². The zero-order chi connectivity index (χ0) is 8.27. The van der Waals surface area contributed by atoms with Gasteiger partial charge in [0.1, 0.15) is 0 Å². The molecule has 0 radical (unpaired) electrons. The first-order chi connectivity index (χ1) is 5.25. The molecule has 11 heavy (non-hydrogen) atoms. The van der Waals surface area contributed by atoms with Crippen molar-refractivity contribution in [1.29, 1.82) is 0 Å². The highest BCUT2D eigenvalue weighted by atomic mass is 16.5. The second-order valence-corrected chi connectivity index (χ2v) is 3.27. The van der Waals surface area contributed by atoms with Gasteiger partial charge in [0.25, 0.3) is 0 Å². The van der Waals surface area contributed by atoms with Gasteiger partial charge in [0.2, 0.25) is 0 Å². The largest absolute Gasteiger partial charge is 0.390 e. The Balaban J connectivity index is 2.38. The van der Waals surface area contributed by atoms with E-state index < -0.39 is 0 Å². The van der Waals surface area contributed by atoms with E-state index in [-0.39, 0.29) is 6.10 Å². The second kappa shape index (κ2) is 3.88. The lowest BCUT2D eigenvalue weighted by atomic mass is 9.89. The smallest absolute Gasteiger partial charge is 0.0826 e. The Hall–Kier alpha value is -0.340. The molecule has 1 fully saturated rings. The van der Waals surface area contributed by atoms with Crippen LogP contribution in [0.25, 0.3) is 0 Å². The quantitative estimate of drug-likeness (QED) is 0.622. The van der Waals surface area contributed by atoms with Crippen molar-refractivity contribution >= 4 is 0 Å². The van der Waals surface area contributed by atoms with Crippen LogP contribution < -0.4 is 0 Å². The van der Waals surface area contributed by atoms with E-state index in [9.17, 15) is 5.11 Å². The first kappa shape index (κ1) is 8.75. The topological polar surface area (TPSA) is 29.5 Å². The summed E-state index contributed by atoms with van der Waals surface area (Å²) < 4.78 is 5.15. The summed E-state index contributed by atoms with van der Waals surface area (Å²) in [5.41, 5.74) is 0. The lowest BCUT2D eigenvalue weighted by Gasteiger charge is -2.18. The van der Waals surface area contributed by atoms with Crippen LogP contribution in [-0.4, -0.2) is 24.4 Å². The van der Waals surface area contributed by atoms with Crippen LogP contribution in [0.2, 0.25) is 0 Å². The minimum atomic E-state index is -0.259. The van der Waals surface area contributed by atoms with E-state index in [1.165, 1.54) is 0 Å². The maximum atomic E-state index is 9.43. The molecular formula is C9H16O2. The molecule has 64 valence electrons. The lowest BCUT2D eigenvalue weighted by molar-refractivity contribution is 0.107.